The molecule has 2 saturated carbocycles. The van der Waals surface area contributed by atoms with Crippen molar-refractivity contribution in [1.82, 2.24) is 0 Å². The minimum Gasteiger partial charge on any atom is -0.481 e. The Morgan fingerprint density at radius 2 is 1.92 bits per heavy atom. The van der Waals surface area contributed by atoms with E-state index < -0.39 is 28.0 Å². The molecule has 3 aliphatic carbocycles. The molecule has 2 aliphatic heterocycles. The molecule has 0 aromatic carbocycles. The molecule has 2 heterocycles. The highest BCUT2D eigenvalue weighted by molar-refractivity contribution is 6.00. The summed E-state index contributed by atoms with van der Waals surface area (Å²) in [5.74, 6) is -0.773. The van der Waals surface area contributed by atoms with Gasteiger partial charge in [-0.25, -0.2) is 9.78 Å². The van der Waals surface area contributed by atoms with Gasteiger partial charge in [-0.1, -0.05) is 27.2 Å². The Kier molecular flexibility index (Phi) is 3.41. The second-order valence-electron chi connectivity index (χ2n) is 9.33. The first-order valence-corrected chi connectivity index (χ1v) is 9.48. The van der Waals surface area contributed by atoms with Crippen LogP contribution in [0.15, 0.2) is 11.6 Å². The van der Waals surface area contributed by atoms with E-state index in [1.54, 1.807) is 6.92 Å². The van der Waals surface area contributed by atoms with Gasteiger partial charge in [0.05, 0.1) is 5.41 Å². The summed E-state index contributed by atoms with van der Waals surface area (Å²) in [6.07, 6.45) is 6.16. The summed E-state index contributed by atoms with van der Waals surface area (Å²) in [5, 5.41) is 9.92. The van der Waals surface area contributed by atoms with Crippen LogP contribution in [0.4, 0.5) is 0 Å². The number of fused-ring (bicyclic) bond motifs is 3. The van der Waals surface area contributed by atoms with Gasteiger partial charge in [0.1, 0.15) is 11.2 Å². The summed E-state index contributed by atoms with van der Waals surface area (Å²) in [6, 6.07) is 0. The van der Waals surface area contributed by atoms with E-state index in [1.165, 1.54) is 0 Å². The average Bonchev–Trinajstić information content (AvgIpc) is 2.58. The van der Waals surface area contributed by atoms with Gasteiger partial charge in [-0.3, -0.25) is 9.59 Å². The minimum atomic E-state index is -0.893. The molecule has 0 unspecified atom stereocenters. The summed E-state index contributed by atoms with van der Waals surface area (Å²) in [6.45, 7) is 8.09. The van der Waals surface area contributed by atoms with Gasteiger partial charge in [-0.05, 0) is 50.5 Å². The highest BCUT2D eigenvalue weighted by atomic mass is 17.2. The molecule has 2 bridgehead atoms. The van der Waals surface area contributed by atoms with Crippen molar-refractivity contribution in [2.75, 3.05) is 0 Å². The molecule has 0 aromatic rings. The molecule has 1 saturated heterocycles. The van der Waals surface area contributed by atoms with Gasteiger partial charge in [-0.2, -0.15) is 0 Å². The van der Waals surface area contributed by atoms with Crippen molar-refractivity contribution in [2.24, 2.45) is 22.7 Å². The highest BCUT2D eigenvalue weighted by Crippen LogP contribution is 2.67. The first kappa shape index (κ1) is 17.2. The fourth-order valence-electron chi connectivity index (χ4n) is 6.15. The third kappa shape index (κ3) is 1.86. The van der Waals surface area contributed by atoms with Crippen LogP contribution in [0.1, 0.15) is 66.2 Å². The number of hydrogen-bond acceptors (Lipinski definition) is 4. The minimum absolute atomic E-state index is 0.0462. The number of carboxylic acid groups (broad SMARTS) is 1. The van der Waals surface area contributed by atoms with Crippen molar-refractivity contribution in [3.05, 3.63) is 11.6 Å². The van der Waals surface area contributed by atoms with Crippen LogP contribution in [0.25, 0.3) is 0 Å². The van der Waals surface area contributed by atoms with E-state index in [1.807, 2.05) is 6.08 Å². The van der Waals surface area contributed by atoms with Crippen LogP contribution in [0.3, 0.4) is 0 Å². The number of carbonyl (C=O) groups is 2. The molecule has 5 heteroatoms. The zero-order chi connectivity index (χ0) is 18.3. The summed E-state index contributed by atoms with van der Waals surface area (Å²) >= 11 is 0. The predicted molar refractivity (Wildman–Crippen MR) is 90.6 cm³/mol. The number of carboxylic acids is 1. The highest BCUT2D eigenvalue weighted by Gasteiger charge is 2.71. The van der Waals surface area contributed by atoms with Crippen molar-refractivity contribution in [1.29, 1.82) is 0 Å². The molecule has 5 atom stereocenters. The molecule has 25 heavy (non-hydrogen) atoms. The maximum Gasteiger partial charge on any atom is 0.309 e. The Morgan fingerprint density at radius 3 is 2.48 bits per heavy atom. The molecule has 5 nitrogen and oxygen atoms in total. The van der Waals surface area contributed by atoms with E-state index in [0.29, 0.717) is 12.8 Å². The molecule has 1 spiro atoms. The van der Waals surface area contributed by atoms with Crippen LogP contribution in [-0.2, 0) is 19.4 Å². The van der Waals surface area contributed by atoms with Crippen molar-refractivity contribution in [3.63, 3.8) is 0 Å². The van der Waals surface area contributed by atoms with Crippen LogP contribution >= 0.6 is 0 Å². The predicted octanol–water partition coefficient (Wildman–Crippen LogP) is 3.67. The molecule has 138 valence electrons. The van der Waals surface area contributed by atoms with Gasteiger partial charge in [0.2, 0.25) is 0 Å². The lowest BCUT2D eigenvalue weighted by Gasteiger charge is -2.65. The third-order valence-corrected chi connectivity index (χ3v) is 8.04. The van der Waals surface area contributed by atoms with Gasteiger partial charge in [0.15, 0.2) is 5.78 Å². The Labute approximate surface area is 148 Å². The van der Waals surface area contributed by atoms with Gasteiger partial charge < -0.3 is 5.11 Å². The first-order chi connectivity index (χ1) is 11.6. The largest absolute Gasteiger partial charge is 0.481 e. The fourth-order valence-corrected chi connectivity index (χ4v) is 6.15. The van der Waals surface area contributed by atoms with Crippen LogP contribution in [0, 0.1) is 22.7 Å². The molecule has 5 aliphatic rings. The Bertz CT molecular complexity index is 670. The van der Waals surface area contributed by atoms with Crippen molar-refractivity contribution in [3.8, 4) is 0 Å². The molecule has 0 amide bonds. The maximum absolute atomic E-state index is 13.1. The lowest BCUT2D eigenvalue weighted by molar-refractivity contribution is -0.462. The Morgan fingerprint density at radius 1 is 1.20 bits per heavy atom. The molecule has 0 radical (unpaired) electrons. The van der Waals surface area contributed by atoms with Gasteiger partial charge in [-0.15, -0.1) is 0 Å². The number of Topliss-reactive ketones (excluding diaryl/α,β-unsaturated/α-hetero) is 1. The van der Waals surface area contributed by atoms with Crippen LogP contribution in [-0.4, -0.2) is 28.1 Å². The van der Waals surface area contributed by atoms with E-state index in [-0.39, 0.29) is 17.6 Å². The van der Waals surface area contributed by atoms with E-state index in [2.05, 4.69) is 20.8 Å². The van der Waals surface area contributed by atoms with E-state index >= 15 is 0 Å². The van der Waals surface area contributed by atoms with E-state index in [4.69, 9.17) is 9.78 Å². The molecule has 1 N–H and O–H groups in total. The van der Waals surface area contributed by atoms with Crippen LogP contribution < -0.4 is 0 Å². The third-order valence-electron chi connectivity index (χ3n) is 8.04. The van der Waals surface area contributed by atoms with Crippen LogP contribution in [0.2, 0.25) is 0 Å². The quantitative estimate of drug-likeness (QED) is 0.771. The van der Waals surface area contributed by atoms with Crippen molar-refractivity contribution >= 4 is 11.8 Å². The number of ketones is 1. The topological polar surface area (TPSA) is 72.8 Å². The summed E-state index contributed by atoms with van der Waals surface area (Å²) in [5.41, 5.74) is -1.87. The lowest BCUT2D eigenvalue weighted by atomic mass is 9.43. The maximum atomic E-state index is 13.1. The van der Waals surface area contributed by atoms with Crippen molar-refractivity contribution in [2.45, 2.75) is 77.4 Å². The SMILES string of the molecule is CC(C)[C@@]12C=C3C(=O)C[C@H]4[C@](C)(C(=O)O)CCC[C@]4(C)[C@]3(CC1)OO2. The lowest BCUT2D eigenvalue weighted by Crippen LogP contribution is -2.69. The average molecular weight is 348 g/mol. The summed E-state index contributed by atoms with van der Waals surface area (Å²) in [4.78, 5) is 37.1. The molecule has 3 fully saturated rings. The van der Waals surface area contributed by atoms with Crippen LogP contribution in [0.5, 0.6) is 0 Å². The normalized spacial score (nSPS) is 48.8. The Balaban J connectivity index is 1.87. The van der Waals surface area contributed by atoms with E-state index in [9.17, 15) is 14.7 Å². The first-order valence-electron chi connectivity index (χ1n) is 9.48. The number of carbonyl (C=O) groups excluding carboxylic acids is 1. The fraction of sp³-hybridized carbons (Fsp3) is 0.800. The monoisotopic (exact) mass is 348 g/mol. The zero-order valence-electron chi connectivity index (χ0n) is 15.6. The van der Waals surface area contributed by atoms with Gasteiger partial charge >= 0.3 is 5.97 Å². The summed E-state index contributed by atoms with van der Waals surface area (Å²) in [7, 11) is 0. The van der Waals surface area contributed by atoms with E-state index in [0.717, 1.165) is 31.3 Å². The number of hydrogen-bond donors (Lipinski definition) is 1. The second kappa shape index (κ2) is 4.95. The zero-order valence-corrected chi connectivity index (χ0v) is 15.6. The molecule has 5 rings (SSSR count). The summed E-state index contributed by atoms with van der Waals surface area (Å²) < 4.78 is 0. The smallest absolute Gasteiger partial charge is 0.309 e. The van der Waals surface area contributed by atoms with Gasteiger partial charge in [0.25, 0.3) is 0 Å². The van der Waals surface area contributed by atoms with Crippen molar-refractivity contribution < 1.29 is 24.5 Å². The molecule has 0 aromatic heterocycles. The Hall–Kier alpha value is -1.20. The number of rotatable bonds is 2. The number of aliphatic carboxylic acids is 1. The molecular formula is C20H28O5. The molecular weight excluding hydrogens is 320 g/mol. The standard InChI is InChI=1S/C20H28O5/c1-12(2)19-8-9-20(25-24-19)13(11-19)14(21)10-15-17(3,16(22)23)6-5-7-18(15,20)4/h11-12,15H,5-10H2,1-4H3,(H,22,23)/t15-,17+,18-,19-,20+/m0/s1. The second-order valence-corrected chi connectivity index (χ2v) is 9.33. The van der Waals surface area contributed by atoms with Gasteiger partial charge in [0, 0.05) is 17.4 Å².